The second-order valence-electron chi connectivity index (χ2n) is 7.59. The van der Waals surface area contributed by atoms with Crippen molar-refractivity contribution in [3.63, 3.8) is 0 Å². The Morgan fingerprint density at radius 2 is 2.17 bits per heavy atom. The molecule has 9 nitrogen and oxygen atoms in total. The largest absolute Gasteiger partial charge is 0.480 e. The molecule has 1 atom stereocenters. The van der Waals surface area contributed by atoms with Gasteiger partial charge in [-0.05, 0) is 50.6 Å². The number of H-pyrrole nitrogens is 1. The van der Waals surface area contributed by atoms with Crippen LogP contribution in [0.2, 0.25) is 0 Å². The molecule has 0 aromatic carbocycles. The number of rotatable bonds is 6. The summed E-state index contributed by atoms with van der Waals surface area (Å²) in [6.45, 7) is 5.02. The van der Waals surface area contributed by atoms with E-state index in [1.807, 2.05) is 31.2 Å². The lowest BCUT2D eigenvalue weighted by Crippen LogP contribution is -2.14. The summed E-state index contributed by atoms with van der Waals surface area (Å²) in [7, 11) is 1.61. The van der Waals surface area contributed by atoms with Gasteiger partial charge in [0, 0.05) is 24.5 Å². The lowest BCUT2D eigenvalue weighted by Gasteiger charge is -2.10. The summed E-state index contributed by atoms with van der Waals surface area (Å²) in [6, 6.07) is 7.83. The second-order valence-corrected chi connectivity index (χ2v) is 7.59. The fourth-order valence-corrected chi connectivity index (χ4v) is 3.85. The monoisotopic (exact) mass is 404 g/mol. The number of aryl methyl sites for hydroxylation is 1. The number of pyridine rings is 1. The zero-order valence-electron chi connectivity index (χ0n) is 17.0. The number of fused-ring (bicyclic) bond motifs is 1. The average molecular weight is 404 g/mol. The molecule has 1 fully saturated rings. The van der Waals surface area contributed by atoms with Crippen molar-refractivity contribution >= 4 is 22.8 Å². The van der Waals surface area contributed by atoms with E-state index >= 15 is 0 Å². The summed E-state index contributed by atoms with van der Waals surface area (Å²) in [4.78, 5) is 13.7. The van der Waals surface area contributed by atoms with E-state index in [1.165, 1.54) is 6.42 Å². The minimum Gasteiger partial charge on any atom is -0.480 e. The van der Waals surface area contributed by atoms with Crippen LogP contribution in [0, 0.1) is 12.8 Å². The van der Waals surface area contributed by atoms with Crippen molar-refractivity contribution in [2.75, 3.05) is 25.5 Å². The molecule has 30 heavy (non-hydrogen) atoms. The molecule has 0 saturated carbocycles. The number of ether oxygens (including phenoxy) is 1. The van der Waals surface area contributed by atoms with Gasteiger partial charge in [-0.25, -0.2) is 15.0 Å². The molecule has 5 heterocycles. The van der Waals surface area contributed by atoms with E-state index in [1.54, 1.807) is 13.3 Å². The summed E-state index contributed by atoms with van der Waals surface area (Å²) in [5.74, 6) is 2.50. The van der Waals surface area contributed by atoms with Crippen LogP contribution in [0.5, 0.6) is 5.88 Å². The molecule has 3 N–H and O–H groups in total. The van der Waals surface area contributed by atoms with E-state index in [4.69, 9.17) is 9.72 Å². The van der Waals surface area contributed by atoms with Gasteiger partial charge in [0.05, 0.1) is 24.6 Å². The van der Waals surface area contributed by atoms with Gasteiger partial charge in [-0.3, -0.25) is 5.10 Å². The highest BCUT2D eigenvalue weighted by molar-refractivity contribution is 5.74. The lowest BCUT2D eigenvalue weighted by atomic mass is 10.1. The molecule has 9 heteroatoms. The zero-order valence-corrected chi connectivity index (χ0v) is 17.0. The quantitative estimate of drug-likeness (QED) is 0.454. The van der Waals surface area contributed by atoms with Crippen molar-refractivity contribution in [3.8, 4) is 17.1 Å². The number of nitrogens with zero attached hydrogens (tertiary/aromatic N) is 5. The molecule has 0 radical (unpaired) electrons. The Morgan fingerprint density at radius 1 is 1.23 bits per heavy atom. The van der Waals surface area contributed by atoms with Crippen LogP contribution in [0.25, 0.3) is 22.4 Å². The van der Waals surface area contributed by atoms with Gasteiger partial charge in [-0.2, -0.15) is 5.10 Å². The van der Waals surface area contributed by atoms with E-state index in [9.17, 15) is 0 Å². The first-order chi connectivity index (χ1) is 14.7. The van der Waals surface area contributed by atoms with Crippen molar-refractivity contribution in [1.82, 2.24) is 35.0 Å². The van der Waals surface area contributed by atoms with Crippen molar-refractivity contribution in [1.29, 1.82) is 0 Å². The molecule has 4 aromatic rings. The van der Waals surface area contributed by atoms with Crippen LogP contribution >= 0.6 is 0 Å². The third kappa shape index (κ3) is 3.59. The normalized spacial score (nSPS) is 16.3. The van der Waals surface area contributed by atoms with E-state index in [0.717, 1.165) is 47.7 Å². The Labute approximate surface area is 173 Å². The Hall–Kier alpha value is -3.46. The Balaban J connectivity index is 1.38. The number of hydrogen-bond donors (Lipinski definition) is 3. The fourth-order valence-electron chi connectivity index (χ4n) is 3.85. The maximum atomic E-state index is 5.41. The SMILES string of the molecule is COc1nc(C)ccc1-c1cc(Nc2cnc3ccn(CC4CCNC4)c3n2)n[nH]1. The molecule has 154 valence electrons. The molecule has 0 aliphatic carbocycles. The molecule has 4 aromatic heterocycles. The molecule has 1 aliphatic rings. The summed E-state index contributed by atoms with van der Waals surface area (Å²) >= 11 is 0. The maximum Gasteiger partial charge on any atom is 0.222 e. The number of nitrogens with one attached hydrogen (secondary N) is 3. The van der Waals surface area contributed by atoms with Crippen molar-refractivity contribution in [2.45, 2.75) is 19.9 Å². The minimum absolute atomic E-state index is 0.561. The number of methoxy groups -OCH3 is 1. The smallest absolute Gasteiger partial charge is 0.222 e. The van der Waals surface area contributed by atoms with E-state index in [2.05, 4.69) is 41.6 Å². The topological polar surface area (TPSA) is 106 Å². The molecule has 0 bridgehead atoms. The number of aromatic nitrogens is 6. The van der Waals surface area contributed by atoms with Crippen LogP contribution < -0.4 is 15.4 Å². The number of aromatic amines is 1. The first-order valence-corrected chi connectivity index (χ1v) is 10.1. The van der Waals surface area contributed by atoms with Gasteiger partial charge in [0.2, 0.25) is 5.88 Å². The van der Waals surface area contributed by atoms with Crippen molar-refractivity contribution in [3.05, 3.63) is 42.4 Å². The van der Waals surface area contributed by atoms with E-state index in [-0.39, 0.29) is 0 Å². The molecular formula is C21H24N8O. The van der Waals surface area contributed by atoms with Crippen LogP contribution in [0.1, 0.15) is 12.1 Å². The molecule has 5 rings (SSSR count). The molecule has 1 aliphatic heterocycles. The fraction of sp³-hybridized carbons (Fsp3) is 0.333. The highest BCUT2D eigenvalue weighted by atomic mass is 16.5. The van der Waals surface area contributed by atoms with E-state index < -0.39 is 0 Å². The summed E-state index contributed by atoms with van der Waals surface area (Å²) in [5.41, 5.74) is 4.34. The summed E-state index contributed by atoms with van der Waals surface area (Å²) in [6.07, 6.45) is 4.99. The molecule has 1 saturated heterocycles. The summed E-state index contributed by atoms with van der Waals surface area (Å²) in [5, 5.41) is 14.1. The van der Waals surface area contributed by atoms with E-state index in [0.29, 0.717) is 23.4 Å². The highest BCUT2D eigenvalue weighted by Crippen LogP contribution is 2.29. The van der Waals surface area contributed by atoms with Crippen molar-refractivity contribution < 1.29 is 4.74 Å². The zero-order chi connectivity index (χ0) is 20.5. The first-order valence-electron chi connectivity index (χ1n) is 10.1. The Kier molecular flexibility index (Phi) is 4.80. The van der Waals surface area contributed by atoms with Crippen molar-refractivity contribution in [2.24, 2.45) is 5.92 Å². The van der Waals surface area contributed by atoms with Gasteiger partial charge >= 0.3 is 0 Å². The van der Waals surface area contributed by atoms with Gasteiger partial charge in [-0.1, -0.05) is 0 Å². The lowest BCUT2D eigenvalue weighted by molar-refractivity contribution is 0.398. The van der Waals surface area contributed by atoms with Crippen LogP contribution in [-0.4, -0.2) is 49.9 Å². The minimum atomic E-state index is 0.561. The summed E-state index contributed by atoms with van der Waals surface area (Å²) < 4.78 is 7.59. The second kappa shape index (κ2) is 7.75. The standard InChI is InChI=1S/C21H24N8O/c1-13-3-4-15(21(24-13)30-2)17-9-18(28-27-17)25-19-11-23-16-6-8-29(20(16)26-19)12-14-5-7-22-10-14/h3-4,6,8-9,11,14,22H,5,7,10,12H2,1-2H3,(H2,25,26,27,28). The van der Waals surface area contributed by atoms with Crippen LogP contribution in [0.4, 0.5) is 11.6 Å². The Morgan fingerprint density at radius 3 is 3.00 bits per heavy atom. The van der Waals surface area contributed by atoms with Gasteiger partial charge in [0.25, 0.3) is 0 Å². The predicted molar refractivity (Wildman–Crippen MR) is 115 cm³/mol. The number of anilines is 2. The van der Waals surface area contributed by atoms with Gasteiger partial charge in [0.15, 0.2) is 17.3 Å². The van der Waals surface area contributed by atoms with Gasteiger partial charge in [0.1, 0.15) is 5.52 Å². The first kappa shape index (κ1) is 18.6. The highest BCUT2D eigenvalue weighted by Gasteiger charge is 2.17. The predicted octanol–water partition coefficient (Wildman–Crippen LogP) is 2.89. The average Bonchev–Trinajstić information content (AvgIpc) is 3.51. The number of hydrogen-bond acceptors (Lipinski definition) is 7. The molecule has 0 spiro atoms. The molecular weight excluding hydrogens is 380 g/mol. The van der Waals surface area contributed by atoms with Crippen LogP contribution in [-0.2, 0) is 6.54 Å². The van der Waals surface area contributed by atoms with Crippen LogP contribution in [0.3, 0.4) is 0 Å². The van der Waals surface area contributed by atoms with Crippen LogP contribution in [0.15, 0.2) is 36.7 Å². The molecule has 1 unspecified atom stereocenters. The molecule has 0 amide bonds. The van der Waals surface area contributed by atoms with Gasteiger partial charge in [-0.15, -0.1) is 0 Å². The van der Waals surface area contributed by atoms with Gasteiger partial charge < -0.3 is 19.9 Å². The third-order valence-electron chi connectivity index (χ3n) is 5.40. The maximum absolute atomic E-state index is 5.41. The third-order valence-corrected chi connectivity index (χ3v) is 5.40. The Bertz CT molecular complexity index is 1170.